The summed E-state index contributed by atoms with van der Waals surface area (Å²) in [6.07, 6.45) is 4.06. The van der Waals surface area contributed by atoms with Gasteiger partial charge in [-0.05, 0) is 49.9 Å². The zero-order chi connectivity index (χ0) is 13.9. The molecule has 0 amide bonds. The van der Waals surface area contributed by atoms with Gasteiger partial charge >= 0.3 is 0 Å². The van der Waals surface area contributed by atoms with E-state index in [1.54, 1.807) is 6.92 Å². The quantitative estimate of drug-likeness (QED) is 0.818. The predicted molar refractivity (Wildman–Crippen MR) is 77.5 cm³/mol. The zero-order valence-corrected chi connectivity index (χ0v) is 11.8. The Hall–Kier alpha value is -1.35. The third-order valence-electron chi connectivity index (χ3n) is 3.98. The molecule has 3 nitrogen and oxygen atoms in total. The molecule has 1 aromatic rings. The Kier molecular flexibility index (Phi) is 4.25. The molecule has 2 rings (SSSR count). The lowest BCUT2D eigenvalue weighted by Crippen LogP contribution is -2.41. The Labute approximate surface area is 115 Å². The van der Waals surface area contributed by atoms with Crippen LogP contribution in [0, 0.1) is 5.92 Å². The Morgan fingerprint density at radius 2 is 2.11 bits per heavy atom. The predicted octanol–water partition coefficient (Wildman–Crippen LogP) is 3.24. The van der Waals surface area contributed by atoms with Gasteiger partial charge in [-0.3, -0.25) is 4.79 Å². The van der Waals surface area contributed by atoms with Crippen molar-refractivity contribution in [2.75, 3.05) is 11.9 Å². The highest BCUT2D eigenvalue weighted by atomic mass is 16.3. The zero-order valence-electron chi connectivity index (χ0n) is 11.8. The lowest BCUT2D eigenvalue weighted by molar-refractivity contribution is -0.000766. The van der Waals surface area contributed by atoms with Crippen LogP contribution < -0.4 is 5.32 Å². The number of carbonyl (C=O) groups is 1. The van der Waals surface area contributed by atoms with Crippen molar-refractivity contribution in [1.29, 1.82) is 0 Å². The van der Waals surface area contributed by atoms with Crippen LogP contribution in [0.1, 0.15) is 49.9 Å². The number of carbonyl (C=O) groups excluding carboxylic acids is 1. The minimum atomic E-state index is -0.586. The van der Waals surface area contributed by atoms with Gasteiger partial charge in [0.05, 0.1) is 5.60 Å². The molecule has 0 saturated heterocycles. The first-order chi connectivity index (χ1) is 8.98. The lowest BCUT2D eigenvalue weighted by Gasteiger charge is -2.35. The van der Waals surface area contributed by atoms with Gasteiger partial charge in [-0.1, -0.05) is 19.8 Å². The highest BCUT2D eigenvalue weighted by Gasteiger charge is 2.32. The summed E-state index contributed by atoms with van der Waals surface area (Å²) in [7, 11) is 0. The molecule has 0 radical (unpaired) electrons. The van der Waals surface area contributed by atoms with Crippen molar-refractivity contribution in [3.63, 3.8) is 0 Å². The van der Waals surface area contributed by atoms with Crippen LogP contribution in [-0.2, 0) is 0 Å². The smallest absolute Gasteiger partial charge is 0.159 e. The van der Waals surface area contributed by atoms with Crippen LogP contribution in [0.15, 0.2) is 24.3 Å². The average molecular weight is 261 g/mol. The van der Waals surface area contributed by atoms with Gasteiger partial charge in [0.15, 0.2) is 5.78 Å². The fourth-order valence-corrected chi connectivity index (χ4v) is 2.88. The van der Waals surface area contributed by atoms with Crippen molar-refractivity contribution in [2.45, 2.75) is 45.1 Å². The largest absolute Gasteiger partial charge is 0.388 e. The topological polar surface area (TPSA) is 49.3 Å². The van der Waals surface area contributed by atoms with Crippen molar-refractivity contribution < 1.29 is 9.90 Å². The monoisotopic (exact) mass is 261 g/mol. The number of hydrogen-bond acceptors (Lipinski definition) is 3. The summed E-state index contributed by atoms with van der Waals surface area (Å²) in [6.45, 7) is 4.34. The van der Waals surface area contributed by atoms with Crippen LogP contribution in [0.3, 0.4) is 0 Å². The molecule has 0 aromatic heterocycles. The van der Waals surface area contributed by atoms with Gasteiger partial charge < -0.3 is 10.4 Å². The molecule has 0 aliphatic heterocycles. The van der Waals surface area contributed by atoms with Crippen LogP contribution in [-0.4, -0.2) is 23.0 Å². The number of aliphatic hydroxyl groups is 1. The molecule has 1 aromatic carbocycles. The Morgan fingerprint density at radius 3 is 2.68 bits per heavy atom. The molecule has 1 aliphatic rings. The molecule has 2 unspecified atom stereocenters. The van der Waals surface area contributed by atoms with E-state index in [2.05, 4.69) is 12.2 Å². The first-order valence-corrected chi connectivity index (χ1v) is 7.06. The van der Waals surface area contributed by atoms with Gasteiger partial charge in [0.2, 0.25) is 0 Å². The molecular weight excluding hydrogens is 238 g/mol. The van der Waals surface area contributed by atoms with Crippen molar-refractivity contribution >= 4 is 11.5 Å². The third kappa shape index (κ3) is 3.80. The van der Waals surface area contributed by atoms with Gasteiger partial charge in [-0.2, -0.15) is 0 Å². The minimum absolute atomic E-state index is 0.0753. The summed E-state index contributed by atoms with van der Waals surface area (Å²) in [5.74, 6) is 0.673. The molecule has 1 aliphatic carbocycles. The van der Waals surface area contributed by atoms with Crippen molar-refractivity contribution in [3.8, 4) is 0 Å². The highest BCUT2D eigenvalue weighted by molar-refractivity contribution is 5.94. The average Bonchev–Trinajstić information content (AvgIpc) is 2.37. The van der Waals surface area contributed by atoms with E-state index >= 15 is 0 Å². The third-order valence-corrected chi connectivity index (χ3v) is 3.98. The number of Topliss-reactive ketones (excluding diaryl/α,β-unsaturated/α-hetero) is 1. The second kappa shape index (κ2) is 5.74. The van der Waals surface area contributed by atoms with Crippen molar-refractivity contribution in [2.24, 2.45) is 5.92 Å². The molecule has 0 spiro atoms. The van der Waals surface area contributed by atoms with E-state index in [1.165, 1.54) is 6.42 Å². The molecular formula is C16H23NO2. The second-order valence-electron chi connectivity index (χ2n) is 5.91. The van der Waals surface area contributed by atoms with E-state index in [1.807, 2.05) is 24.3 Å². The summed E-state index contributed by atoms with van der Waals surface area (Å²) >= 11 is 0. The van der Waals surface area contributed by atoms with Gasteiger partial charge in [-0.25, -0.2) is 0 Å². The van der Waals surface area contributed by atoms with Gasteiger partial charge in [-0.15, -0.1) is 0 Å². The molecule has 1 fully saturated rings. The molecule has 2 N–H and O–H groups in total. The molecule has 0 bridgehead atoms. The Bertz CT molecular complexity index is 441. The summed E-state index contributed by atoms with van der Waals surface area (Å²) < 4.78 is 0. The van der Waals surface area contributed by atoms with Crippen LogP contribution in [0.4, 0.5) is 5.69 Å². The summed E-state index contributed by atoms with van der Waals surface area (Å²) in [5.41, 5.74) is 1.09. The second-order valence-corrected chi connectivity index (χ2v) is 5.91. The van der Waals surface area contributed by atoms with E-state index in [4.69, 9.17) is 0 Å². The number of hydrogen-bond donors (Lipinski definition) is 2. The van der Waals surface area contributed by atoms with Crippen molar-refractivity contribution in [3.05, 3.63) is 29.8 Å². The van der Waals surface area contributed by atoms with E-state index in [0.717, 1.165) is 30.5 Å². The lowest BCUT2D eigenvalue weighted by atomic mass is 9.79. The normalized spacial score (nSPS) is 27.0. The van der Waals surface area contributed by atoms with Gasteiger partial charge in [0, 0.05) is 17.8 Å². The first kappa shape index (κ1) is 14.1. The number of benzene rings is 1. The van der Waals surface area contributed by atoms with Crippen molar-refractivity contribution in [1.82, 2.24) is 0 Å². The van der Waals surface area contributed by atoms with E-state index in [0.29, 0.717) is 12.5 Å². The molecule has 1 saturated carbocycles. The summed E-state index contributed by atoms with van der Waals surface area (Å²) in [4.78, 5) is 11.2. The maximum atomic E-state index is 11.2. The Balaban J connectivity index is 1.92. The van der Waals surface area contributed by atoms with Crippen LogP contribution >= 0.6 is 0 Å². The maximum absolute atomic E-state index is 11.2. The summed E-state index contributed by atoms with van der Waals surface area (Å²) in [6, 6.07) is 7.43. The molecule has 104 valence electrons. The van der Waals surface area contributed by atoms with E-state index in [9.17, 15) is 9.90 Å². The number of ketones is 1. The molecule has 19 heavy (non-hydrogen) atoms. The maximum Gasteiger partial charge on any atom is 0.159 e. The molecule has 0 heterocycles. The number of anilines is 1. The summed E-state index contributed by atoms with van der Waals surface area (Å²) in [5, 5.41) is 13.8. The molecule has 3 heteroatoms. The first-order valence-electron chi connectivity index (χ1n) is 7.06. The van der Waals surface area contributed by atoms with Gasteiger partial charge in [0.1, 0.15) is 0 Å². The SMILES string of the molecule is CC(=O)c1ccc(NCC2(O)CCCC(C)C2)cc1. The van der Waals surface area contributed by atoms with Crippen LogP contribution in [0.5, 0.6) is 0 Å². The fraction of sp³-hybridized carbons (Fsp3) is 0.562. The van der Waals surface area contributed by atoms with E-state index < -0.39 is 5.60 Å². The van der Waals surface area contributed by atoms with Crippen LogP contribution in [0.25, 0.3) is 0 Å². The highest BCUT2D eigenvalue weighted by Crippen LogP contribution is 2.32. The van der Waals surface area contributed by atoms with Crippen LogP contribution in [0.2, 0.25) is 0 Å². The van der Waals surface area contributed by atoms with Gasteiger partial charge in [0.25, 0.3) is 0 Å². The number of nitrogens with one attached hydrogen (secondary N) is 1. The standard InChI is InChI=1S/C16H23NO2/c1-12-4-3-9-16(19,10-12)11-17-15-7-5-14(6-8-15)13(2)18/h5-8,12,17,19H,3-4,9-11H2,1-2H3. The van der Waals surface area contributed by atoms with E-state index in [-0.39, 0.29) is 5.78 Å². The fourth-order valence-electron chi connectivity index (χ4n) is 2.88. The Morgan fingerprint density at radius 1 is 1.42 bits per heavy atom. The minimum Gasteiger partial charge on any atom is -0.388 e. The molecule has 2 atom stereocenters. The number of rotatable bonds is 4.